The van der Waals surface area contributed by atoms with Gasteiger partial charge < -0.3 is 9.84 Å². The van der Waals surface area contributed by atoms with Crippen molar-refractivity contribution in [1.29, 1.82) is 0 Å². The van der Waals surface area contributed by atoms with E-state index in [0.717, 1.165) is 0 Å². The number of carbonyl (C=O) groups excluding carboxylic acids is 1. The minimum Gasteiger partial charge on any atom is -0.479 e. The van der Waals surface area contributed by atoms with Gasteiger partial charge in [-0.25, -0.2) is 4.79 Å². The van der Waals surface area contributed by atoms with E-state index >= 15 is 0 Å². The highest BCUT2D eigenvalue weighted by Gasteiger charge is 2.44. The van der Waals surface area contributed by atoms with Crippen molar-refractivity contribution in [2.24, 2.45) is 0 Å². The van der Waals surface area contributed by atoms with Crippen LogP contribution in [0.25, 0.3) is 0 Å². The topological polar surface area (TPSA) is 63.6 Å². The fourth-order valence-corrected chi connectivity index (χ4v) is 2.99. The summed E-state index contributed by atoms with van der Waals surface area (Å²) in [5.74, 6) is -1.24. The third-order valence-corrected chi connectivity index (χ3v) is 4.99. The van der Waals surface area contributed by atoms with Crippen LogP contribution >= 0.6 is 34.8 Å². The van der Waals surface area contributed by atoms with E-state index in [9.17, 15) is 9.59 Å². The SMILES string of the molecule is CCC1(Cl)Cc2cc(OC(C)C(=O)O)c(Cl)c(Cl)c2C1=O. The van der Waals surface area contributed by atoms with Crippen LogP contribution < -0.4 is 4.74 Å². The molecule has 0 spiro atoms. The van der Waals surface area contributed by atoms with Crippen molar-refractivity contribution in [3.63, 3.8) is 0 Å². The molecule has 1 aliphatic rings. The second kappa shape index (κ2) is 5.67. The Morgan fingerprint density at radius 2 is 2.10 bits per heavy atom. The molecule has 2 rings (SSSR count). The van der Waals surface area contributed by atoms with Gasteiger partial charge in [-0.05, 0) is 31.4 Å². The minimum absolute atomic E-state index is 0.0221. The van der Waals surface area contributed by atoms with Gasteiger partial charge in [0, 0.05) is 5.56 Å². The smallest absolute Gasteiger partial charge is 0.344 e. The van der Waals surface area contributed by atoms with Crippen molar-refractivity contribution in [3.8, 4) is 5.75 Å². The van der Waals surface area contributed by atoms with Gasteiger partial charge in [0.1, 0.15) is 15.6 Å². The van der Waals surface area contributed by atoms with Gasteiger partial charge in [0.05, 0.1) is 5.02 Å². The summed E-state index contributed by atoms with van der Waals surface area (Å²) in [7, 11) is 0. The lowest BCUT2D eigenvalue weighted by Crippen LogP contribution is -2.27. The summed E-state index contributed by atoms with van der Waals surface area (Å²) >= 11 is 18.5. The van der Waals surface area contributed by atoms with E-state index < -0.39 is 16.9 Å². The molecule has 1 aromatic rings. The summed E-state index contributed by atoms with van der Waals surface area (Å²) in [4.78, 5) is 22.2. The van der Waals surface area contributed by atoms with Crippen molar-refractivity contribution in [1.82, 2.24) is 0 Å². The van der Waals surface area contributed by atoms with Gasteiger partial charge in [0.2, 0.25) is 0 Å². The number of Topliss-reactive ketones (excluding diaryl/α,β-unsaturated/α-hetero) is 1. The molecule has 0 heterocycles. The predicted octanol–water partition coefficient (Wildman–Crippen LogP) is 3.97. The molecule has 0 saturated carbocycles. The highest BCUT2D eigenvalue weighted by molar-refractivity contribution is 6.48. The van der Waals surface area contributed by atoms with E-state index in [1.54, 1.807) is 6.07 Å². The first-order valence-electron chi connectivity index (χ1n) is 6.35. The highest BCUT2D eigenvalue weighted by Crippen LogP contribution is 2.46. The number of fused-ring (bicyclic) bond motifs is 1. The summed E-state index contributed by atoms with van der Waals surface area (Å²) in [5.41, 5.74) is 0.924. The second-order valence-electron chi connectivity index (χ2n) is 4.96. The molecule has 1 N–H and O–H groups in total. The molecule has 7 heteroatoms. The number of aliphatic carboxylic acids is 1. The van der Waals surface area contributed by atoms with Gasteiger partial charge in [0.15, 0.2) is 11.9 Å². The molecular formula is C14H13Cl3O4. The highest BCUT2D eigenvalue weighted by atomic mass is 35.5. The van der Waals surface area contributed by atoms with Crippen LogP contribution in [0.15, 0.2) is 6.07 Å². The summed E-state index contributed by atoms with van der Waals surface area (Å²) in [6.07, 6.45) is -0.313. The summed E-state index contributed by atoms with van der Waals surface area (Å²) in [5, 5.41) is 8.96. The standard InChI is InChI=1S/C14H13Cl3O4/c1-3-14(17)5-7-4-8(21-6(2)13(19)20)10(15)11(16)9(7)12(14)18/h4,6H,3,5H2,1-2H3,(H,19,20). The summed E-state index contributed by atoms with van der Waals surface area (Å²) in [6.45, 7) is 3.19. The van der Waals surface area contributed by atoms with Gasteiger partial charge >= 0.3 is 5.97 Å². The van der Waals surface area contributed by atoms with E-state index in [-0.39, 0.29) is 21.6 Å². The Bertz CT molecular complexity index is 629. The van der Waals surface area contributed by atoms with Crippen LogP contribution in [0.5, 0.6) is 5.75 Å². The van der Waals surface area contributed by atoms with Crippen molar-refractivity contribution < 1.29 is 19.4 Å². The van der Waals surface area contributed by atoms with E-state index in [1.807, 2.05) is 6.92 Å². The molecule has 0 saturated heterocycles. The Kier molecular flexibility index (Phi) is 4.43. The Morgan fingerprint density at radius 1 is 1.48 bits per heavy atom. The first-order valence-corrected chi connectivity index (χ1v) is 7.48. The molecule has 114 valence electrons. The maximum absolute atomic E-state index is 12.4. The molecule has 0 fully saturated rings. The van der Waals surface area contributed by atoms with Crippen molar-refractivity contribution >= 4 is 46.6 Å². The molecule has 1 aliphatic carbocycles. The predicted molar refractivity (Wildman–Crippen MR) is 81.1 cm³/mol. The van der Waals surface area contributed by atoms with Crippen LogP contribution in [0.1, 0.15) is 36.2 Å². The number of carboxylic acid groups (broad SMARTS) is 1. The number of alkyl halides is 1. The van der Waals surface area contributed by atoms with Gasteiger partial charge in [-0.1, -0.05) is 30.1 Å². The second-order valence-corrected chi connectivity index (χ2v) is 6.44. The number of benzene rings is 1. The number of ketones is 1. The Hall–Kier alpha value is -0.970. The van der Waals surface area contributed by atoms with E-state index in [1.165, 1.54) is 6.92 Å². The molecular weight excluding hydrogens is 339 g/mol. The first kappa shape index (κ1) is 16.4. The summed E-state index contributed by atoms with van der Waals surface area (Å²) in [6, 6.07) is 1.54. The van der Waals surface area contributed by atoms with Gasteiger partial charge in [-0.3, -0.25) is 4.79 Å². The third kappa shape index (κ3) is 2.72. The maximum Gasteiger partial charge on any atom is 0.344 e. The van der Waals surface area contributed by atoms with Crippen molar-refractivity contribution in [2.45, 2.75) is 37.7 Å². The van der Waals surface area contributed by atoms with Crippen molar-refractivity contribution in [2.75, 3.05) is 0 Å². The van der Waals surface area contributed by atoms with Crippen LogP contribution in [0, 0.1) is 0 Å². The number of hydrogen-bond donors (Lipinski definition) is 1. The molecule has 1 aromatic carbocycles. The van der Waals surface area contributed by atoms with Crippen LogP contribution in [0.4, 0.5) is 0 Å². The number of ether oxygens (including phenoxy) is 1. The number of carbonyl (C=O) groups is 2. The lowest BCUT2D eigenvalue weighted by Gasteiger charge is -2.15. The van der Waals surface area contributed by atoms with Crippen LogP contribution in [0.3, 0.4) is 0 Å². The zero-order valence-corrected chi connectivity index (χ0v) is 13.6. The fraction of sp³-hybridized carbons (Fsp3) is 0.429. The van der Waals surface area contributed by atoms with E-state index in [4.69, 9.17) is 44.6 Å². The van der Waals surface area contributed by atoms with E-state index in [0.29, 0.717) is 24.0 Å². The Labute approximate surface area is 136 Å². The minimum atomic E-state index is -1.13. The van der Waals surface area contributed by atoms with Crippen LogP contribution in [-0.4, -0.2) is 27.8 Å². The van der Waals surface area contributed by atoms with E-state index in [2.05, 4.69) is 0 Å². The zero-order valence-electron chi connectivity index (χ0n) is 11.4. The van der Waals surface area contributed by atoms with Crippen molar-refractivity contribution in [3.05, 3.63) is 27.2 Å². The van der Waals surface area contributed by atoms with Gasteiger partial charge in [0.25, 0.3) is 0 Å². The Balaban J connectivity index is 2.48. The number of hydrogen-bond acceptors (Lipinski definition) is 3. The number of halogens is 3. The van der Waals surface area contributed by atoms with Gasteiger partial charge in [-0.15, -0.1) is 11.6 Å². The lowest BCUT2D eigenvalue weighted by atomic mass is 10.0. The number of rotatable bonds is 4. The fourth-order valence-electron chi connectivity index (χ4n) is 2.26. The maximum atomic E-state index is 12.4. The molecule has 0 radical (unpaired) electrons. The molecule has 21 heavy (non-hydrogen) atoms. The lowest BCUT2D eigenvalue weighted by molar-refractivity contribution is -0.144. The summed E-state index contributed by atoms with van der Waals surface area (Å²) < 4.78 is 5.28. The molecule has 0 aliphatic heterocycles. The zero-order chi connectivity index (χ0) is 15.9. The molecule has 4 nitrogen and oxygen atoms in total. The average molecular weight is 352 g/mol. The first-order chi connectivity index (χ1) is 9.71. The monoisotopic (exact) mass is 350 g/mol. The molecule has 0 aromatic heterocycles. The quantitative estimate of drug-likeness (QED) is 0.834. The number of carboxylic acids is 1. The average Bonchev–Trinajstić information content (AvgIpc) is 2.68. The normalized spacial score (nSPS) is 22.0. The van der Waals surface area contributed by atoms with Gasteiger partial charge in [-0.2, -0.15) is 0 Å². The molecule has 0 bridgehead atoms. The molecule has 0 amide bonds. The van der Waals surface area contributed by atoms with Crippen LogP contribution in [0.2, 0.25) is 10.0 Å². The van der Waals surface area contributed by atoms with Crippen LogP contribution in [-0.2, 0) is 11.2 Å². The molecule has 2 unspecified atom stereocenters. The third-order valence-electron chi connectivity index (χ3n) is 3.57. The molecule has 2 atom stereocenters. The largest absolute Gasteiger partial charge is 0.479 e. The Morgan fingerprint density at radius 3 is 2.62 bits per heavy atom.